The number of rotatable bonds is 6. The van der Waals surface area contributed by atoms with Crippen molar-refractivity contribution in [2.75, 3.05) is 11.9 Å². The van der Waals surface area contributed by atoms with Crippen LogP contribution in [0.4, 0.5) is 5.69 Å². The second kappa shape index (κ2) is 7.70. The normalized spacial score (nSPS) is 27.5. The first-order valence-electron chi connectivity index (χ1n) is 10.4. The summed E-state index contributed by atoms with van der Waals surface area (Å²) in [6.07, 6.45) is 4.86. The van der Waals surface area contributed by atoms with Crippen molar-refractivity contribution in [3.63, 3.8) is 0 Å². The SMILES string of the molecule is Cc1ccccc1NC(=O)COC(=O)[C@H](C(C)C)N1C(=O)[C@H]2[C@H](C1=O)[C@H]1C=C[C@H]2C1. The van der Waals surface area contributed by atoms with Gasteiger partial charge in [0.25, 0.3) is 5.91 Å². The minimum absolute atomic E-state index is 0.0742. The summed E-state index contributed by atoms with van der Waals surface area (Å²) in [6.45, 7) is 4.91. The maximum atomic E-state index is 13.0. The molecule has 5 atom stereocenters. The Morgan fingerprint density at radius 1 is 1.10 bits per heavy atom. The number of amides is 3. The van der Waals surface area contributed by atoms with Crippen LogP contribution in [0.2, 0.25) is 0 Å². The van der Waals surface area contributed by atoms with Crippen molar-refractivity contribution < 1.29 is 23.9 Å². The Balaban J connectivity index is 1.43. The average molecular weight is 410 g/mol. The Kier molecular flexibility index (Phi) is 5.22. The molecule has 2 bridgehead atoms. The van der Waals surface area contributed by atoms with E-state index in [4.69, 9.17) is 4.74 Å². The molecule has 3 aliphatic rings. The van der Waals surface area contributed by atoms with Gasteiger partial charge in [0.15, 0.2) is 6.61 Å². The number of fused-ring (bicyclic) bond motifs is 5. The number of aryl methyl sites for hydroxylation is 1. The first-order chi connectivity index (χ1) is 14.3. The standard InChI is InChI=1S/C23H26N2O5/c1-12(2)20(23(29)30-11-17(26)24-16-7-5-4-6-13(16)3)25-21(27)18-14-8-9-15(10-14)19(18)22(25)28/h4-9,12,14-15,18-20H,10-11H2,1-3H3,(H,24,26)/t14-,15-,18+,19+,20-/m0/s1. The quantitative estimate of drug-likeness (QED) is 0.441. The summed E-state index contributed by atoms with van der Waals surface area (Å²) in [5.41, 5.74) is 1.53. The van der Waals surface area contributed by atoms with E-state index in [2.05, 4.69) is 5.32 Å². The van der Waals surface area contributed by atoms with Crippen molar-refractivity contribution in [1.29, 1.82) is 0 Å². The molecule has 1 aromatic rings. The molecule has 1 heterocycles. The van der Waals surface area contributed by atoms with E-state index in [-0.39, 0.29) is 41.4 Å². The molecular formula is C23H26N2O5. The van der Waals surface area contributed by atoms with Gasteiger partial charge in [0, 0.05) is 5.69 Å². The molecule has 30 heavy (non-hydrogen) atoms. The van der Waals surface area contributed by atoms with E-state index in [1.165, 1.54) is 0 Å². The monoisotopic (exact) mass is 410 g/mol. The number of para-hydroxylation sites is 1. The number of carbonyl (C=O) groups excluding carboxylic acids is 4. The zero-order valence-corrected chi connectivity index (χ0v) is 17.3. The molecule has 1 saturated carbocycles. The van der Waals surface area contributed by atoms with Gasteiger partial charge < -0.3 is 10.1 Å². The van der Waals surface area contributed by atoms with Crippen molar-refractivity contribution in [2.24, 2.45) is 29.6 Å². The second-order valence-corrected chi connectivity index (χ2v) is 8.71. The Morgan fingerprint density at radius 3 is 2.27 bits per heavy atom. The fraction of sp³-hybridized carbons (Fsp3) is 0.478. The van der Waals surface area contributed by atoms with Crippen LogP contribution in [0.5, 0.6) is 0 Å². The van der Waals surface area contributed by atoms with Gasteiger partial charge in [-0.1, -0.05) is 44.2 Å². The minimum Gasteiger partial charge on any atom is -0.454 e. The highest BCUT2D eigenvalue weighted by Gasteiger charge is 2.61. The van der Waals surface area contributed by atoms with E-state index in [1.807, 2.05) is 31.2 Å². The Bertz CT molecular complexity index is 907. The van der Waals surface area contributed by atoms with E-state index in [0.717, 1.165) is 16.9 Å². The maximum absolute atomic E-state index is 13.0. The highest BCUT2D eigenvalue weighted by atomic mass is 16.5. The van der Waals surface area contributed by atoms with Crippen molar-refractivity contribution >= 4 is 29.4 Å². The summed E-state index contributed by atoms with van der Waals surface area (Å²) in [6, 6.07) is 6.25. The molecule has 0 radical (unpaired) electrons. The fourth-order valence-corrected chi connectivity index (χ4v) is 5.00. The van der Waals surface area contributed by atoms with Gasteiger partial charge in [-0.05, 0) is 42.7 Å². The highest BCUT2D eigenvalue weighted by molar-refractivity contribution is 6.09. The molecular weight excluding hydrogens is 384 g/mol. The number of likely N-dealkylation sites (tertiary alicyclic amines) is 1. The molecule has 4 rings (SSSR count). The van der Waals surface area contributed by atoms with E-state index in [1.54, 1.807) is 26.0 Å². The molecule has 7 nitrogen and oxygen atoms in total. The van der Waals surface area contributed by atoms with E-state index in [9.17, 15) is 19.2 Å². The van der Waals surface area contributed by atoms with E-state index >= 15 is 0 Å². The third-order valence-electron chi connectivity index (χ3n) is 6.42. The van der Waals surface area contributed by atoms with Crippen LogP contribution in [0.1, 0.15) is 25.8 Å². The lowest BCUT2D eigenvalue weighted by atomic mass is 9.85. The summed E-state index contributed by atoms with van der Waals surface area (Å²) in [5, 5.41) is 2.70. The van der Waals surface area contributed by atoms with Crippen LogP contribution in [-0.2, 0) is 23.9 Å². The molecule has 7 heteroatoms. The lowest BCUT2D eigenvalue weighted by molar-refractivity contribution is -0.162. The highest BCUT2D eigenvalue weighted by Crippen LogP contribution is 2.53. The van der Waals surface area contributed by atoms with Crippen LogP contribution in [0.15, 0.2) is 36.4 Å². The number of benzene rings is 1. The molecule has 1 N–H and O–H groups in total. The van der Waals surface area contributed by atoms with Gasteiger partial charge in [0.05, 0.1) is 11.8 Å². The predicted molar refractivity (Wildman–Crippen MR) is 109 cm³/mol. The Labute approximate surface area is 175 Å². The van der Waals surface area contributed by atoms with Crippen molar-refractivity contribution in [3.8, 4) is 0 Å². The number of ether oxygens (including phenoxy) is 1. The van der Waals surface area contributed by atoms with Crippen LogP contribution in [0, 0.1) is 36.5 Å². The molecule has 0 aromatic heterocycles. The molecule has 0 unspecified atom stereocenters. The number of nitrogens with zero attached hydrogens (tertiary/aromatic N) is 1. The number of hydrogen-bond acceptors (Lipinski definition) is 5. The number of hydrogen-bond donors (Lipinski definition) is 1. The predicted octanol–water partition coefficient (Wildman–Crippen LogP) is 2.31. The summed E-state index contributed by atoms with van der Waals surface area (Å²) < 4.78 is 5.23. The summed E-state index contributed by atoms with van der Waals surface area (Å²) in [5.74, 6) is -2.70. The summed E-state index contributed by atoms with van der Waals surface area (Å²) >= 11 is 0. The van der Waals surface area contributed by atoms with Crippen LogP contribution in [0.25, 0.3) is 0 Å². The Hall–Kier alpha value is -2.96. The first-order valence-corrected chi connectivity index (χ1v) is 10.4. The zero-order valence-electron chi connectivity index (χ0n) is 17.3. The van der Waals surface area contributed by atoms with Crippen molar-refractivity contribution in [2.45, 2.75) is 33.2 Å². The van der Waals surface area contributed by atoms with Crippen LogP contribution >= 0.6 is 0 Å². The number of carbonyl (C=O) groups is 4. The molecule has 2 fully saturated rings. The topological polar surface area (TPSA) is 92.8 Å². The van der Waals surface area contributed by atoms with Gasteiger partial charge in [-0.2, -0.15) is 0 Å². The molecule has 2 aliphatic carbocycles. The maximum Gasteiger partial charge on any atom is 0.330 e. The molecule has 3 amide bonds. The molecule has 1 aromatic carbocycles. The number of nitrogens with one attached hydrogen (secondary N) is 1. The fourth-order valence-electron chi connectivity index (χ4n) is 5.00. The van der Waals surface area contributed by atoms with Crippen molar-refractivity contribution in [3.05, 3.63) is 42.0 Å². The minimum atomic E-state index is -1.03. The smallest absolute Gasteiger partial charge is 0.330 e. The van der Waals surface area contributed by atoms with Gasteiger partial charge in [0.2, 0.25) is 11.8 Å². The number of esters is 1. The van der Waals surface area contributed by atoms with E-state index in [0.29, 0.717) is 5.69 Å². The van der Waals surface area contributed by atoms with Crippen LogP contribution in [0.3, 0.4) is 0 Å². The average Bonchev–Trinajstić information content (AvgIpc) is 3.38. The lowest BCUT2D eigenvalue weighted by Gasteiger charge is -2.28. The van der Waals surface area contributed by atoms with Gasteiger partial charge in [-0.25, -0.2) is 4.79 Å². The molecule has 158 valence electrons. The Morgan fingerprint density at radius 2 is 1.70 bits per heavy atom. The van der Waals surface area contributed by atoms with Gasteiger partial charge >= 0.3 is 5.97 Å². The van der Waals surface area contributed by atoms with Crippen molar-refractivity contribution in [1.82, 2.24) is 4.90 Å². The summed E-state index contributed by atoms with van der Waals surface area (Å²) in [4.78, 5) is 52.2. The zero-order chi connectivity index (χ0) is 21.6. The number of anilines is 1. The largest absolute Gasteiger partial charge is 0.454 e. The van der Waals surface area contributed by atoms with Crippen LogP contribution < -0.4 is 5.32 Å². The lowest BCUT2D eigenvalue weighted by Crippen LogP contribution is -2.50. The van der Waals surface area contributed by atoms with Gasteiger partial charge in [-0.3, -0.25) is 19.3 Å². The molecule has 1 aliphatic heterocycles. The van der Waals surface area contributed by atoms with Crippen LogP contribution in [-0.4, -0.2) is 41.2 Å². The van der Waals surface area contributed by atoms with Gasteiger partial charge in [0.1, 0.15) is 6.04 Å². The third-order valence-corrected chi connectivity index (χ3v) is 6.42. The number of allylic oxidation sites excluding steroid dienone is 2. The summed E-state index contributed by atoms with van der Waals surface area (Å²) in [7, 11) is 0. The first kappa shape index (κ1) is 20.3. The molecule has 0 spiro atoms. The number of imide groups is 1. The van der Waals surface area contributed by atoms with E-state index < -0.39 is 24.5 Å². The second-order valence-electron chi connectivity index (χ2n) is 8.71. The molecule has 1 saturated heterocycles. The third kappa shape index (κ3) is 3.32. The van der Waals surface area contributed by atoms with Gasteiger partial charge in [-0.15, -0.1) is 0 Å².